The second-order valence-electron chi connectivity index (χ2n) is 4.60. The zero-order valence-corrected chi connectivity index (χ0v) is 11.0. The van der Waals surface area contributed by atoms with Crippen LogP contribution >= 0.6 is 11.6 Å². The highest BCUT2D eigenvalue weighted by Gasteiger charge is 2.13. The first-order chi connectivity index (χ1) is 8.40. The Kier molecular flexibility index (Phi) is 5.30. The Morgan fingerprint density at radius 3 is 2.59 bits per heavy atom. The Morgan fingerprint density at radius 1 is 1.12 bits per heavy atom. The van der Waals surface area contributed by atoms with Gasteiger partial charge in [0, 0.05) is 31.6 Å². The van der Waals surface area contributed by atoms with Gasteiger partial charge in [0.2, 0.25) is 0 Å². The first kappa shape index (κ1) is 12.9. The van der Waals surface area contributed by atoms with Crippen LogP contribution in [0.2, 0.25) is 0 Å². The summed E-state index contributed by atoms with van der Waals surface area (Å²) in [6, 6.07) is 9.47. The van der Waals surface area contributed by atoms with Gasteiger partial charge in [0.05, 0.1) is 0 Å². The van der Waals surface area contributed by atoms with Crippen molar-refractivity contribution in [1.29, 1.82) is 0 Å². The van der Waals surface area contributed by atoms with Crippen molar-refractivity contribution in [3.63, 3.8) is 0 Å². The van der Waals surface area contributed by atoms with E-state index in [1.165, 1.54) is 17.5 Å². The molecule has 1 saturated heterocycles. The molecule has 1 aliphatic heterocycles. The number of halogens is 1. The molecule has 0 saturated carbocycles. The van der Waals surface area contributed by atoms with Crippen LogP contribution in [0.3, 0.4) is 0 Å². The summed E-state index contributed by atoms with van der Waals surface area (Å²) in [7, 11) is 0. The number of rotatable bonds is 5. The quantitative estimate of drug-likeness (QED) is 0.622. The van der Waals surface area contributed by atoms with Crippen molar-refractivity contribution in [2.24, 2.45) is 0 Å². The Balaban J connectivity index is 1.88. The third-order valence-electron chi connectivity index (χ3n) is 3.27. The average Bonchev–Trinajstić information content (AvgIpc) is 2.41. The highest BCUT2D eigenvalue weighted by molar-refractivity contribution is 6.17. The molecule has 0 spiro atoms. The summed E-state index contributed by atoms with van der Waals surface area (Å²) < 4.78 is 0. The van der Waals surface area contributed by atoms with Crippen molar-refractivity contribution >= 4 is 11.6 Å². The molecule has 17 heavy (non-hydrogen) atoms. The molecule has 0 amide bonds. The maximum atomic E-state index is 5.68. The van der Waals surface area contributed by atoms with Gasteiger partial charge < -0.3 is 10.6 Å². The third kappa shape index (κ3) is 3.98. The summed E-state index contributed by atoms with van der Waals surface area (Å²) >= 11 is 5.68. The number of unbranched alkanes of at least 4 members (excludes halogenated alkanes) is 1. The minimum atomic E-state index is 0.473. The van der Waals surface area contributed by atoms with Crippen molar-refractivity contribution in [3.8, 4) is 0 Å². The van der Waals surface area contributed by atoms with Crippen molar-refractivity contribution < 1.29 is 0 Å². The van der Waals surface area contributed by atoms with Gasteiger partial charge in [0.25, 0.3) is 0 Å². The van der Waals surface area contributed by atoms with Crippen molar-refractivity contribution in [1.82, 2.24) is 10.6 Å². The number of piperazine rings is 1. The van der Waals surface area contributed by atoms with E-state index in [1.54, 1.807) is 0 Å². The molecule has 0 aromatic heterocycles. The smallest absolute Gasteiger partial charge is 0.0447 e. The average molecular weight is 253 g/mol. The normalized spacial score (nSPS) is 20.4. The molecule has 1 aliphatic rings. The molecular formula is C14H21ClN2. The summed E-state index contributed by atoms with van der Waals surface area (Å²) in [6.07, 6.45) is 3.44. The van der Waals surface area contributed by atoms with Crippen molar-refractivity contribution in [2.75, 3.05) is 25.5 Å². The van der Waals surface area contributed by atoms with Gasteiger partial charge in [-0.1, -0.05) is 24.3 Å². The molecule has 1 unspecified atom stereocenters. The number of aryl methyl sites for hydroxylation is 1. The Morgan fingerprint density at radius 2 is 1.94 bits per heavy atom. The summed E-state index contributed by atoms with van der Waals surface area (Å²) in [5, 5.41) is 6.94. The molecule has 0 radical (unpaired) electrons. The van der Waals surface area contributed by atoms with Crippen LogP contribution in [0.4, 0.5) is 0 Å². The first-order valence-electron chi connectivity index (χ1n) is 6.49. The minimum Gasteiger partial charge on any atom is -0.314 e. The minimum absolute atomic E-state index is 0.473. The highest BCUT2D eigenvalue weighted by Crippen LogP contribution is 2.15. The monoisotopic (exact) mass is 252 g/mol. The van der Waals surface area contributed by atoms with Gasteiger partial charge in [0.1, 0.15) is 0 Å². The van der Waals surface area contributed by atoms with Gasteiger partial charge in [-0.05, 0) is 30.4 Å². The molecule has 94 valence electrons. The largest absolute Gasteiger partial charge is 0.314 e. The number of benzene rings is 1. The molecule has 1 atom stereocenters. The van der Waals surface area contributed by atoms with Crippen LogP contribution in [-0.4, -0.2) is 25.5 Å². The fourth-order valence-electron chi connectivity index (χ4n) is 2.23. The summed E-state index contributed by atoms with van der Waals surface area (Å²) in [4.78, 5) is 0. The van der Waals surface area contributed by atoms with Crippen LogP contribution in [0.5, 0.6) is 0 Å². The lowest BCUT2D eigenvalue weighted by Gasteiger charge is -2.25. The summed E-state index contributed by atoms with van der Waals surface area (Å²) in [6.45, 7) is 3.17. The van der Waals surface area contributed by atoms with E-state index < -0.39 is 0 Å². The second kappa shape index (κ2) is 7.00. The van der Waals surface area contributed by atoms with Gasteiger partial charge in [-0.15, -0.1) is 11.6 Å². The summed E-state index contributed by atoms with van der Waals surface area (Å²) in [5.41, 5.74) is 2.81. The molecular weight excluding hydrogens is 232 g/mol. The van der Waals surface area contributed by atoms with Gasteiger partial charge in [0.15, 0.2) is 0 Å². The zero-order chi connectivity index (χ0) is 11.9. The third-order valence-corrected chi connectivity index (χ3v) is 3.54. The highest BCUT2D eigenvalue weighted by atomic mass is 35.5. The van der Waals surface area contributed by atoms with E-state index in [4.69, 9.17) is 11.6 Å². The number of alkyl halides is 1. The van der Waals surface area contributed by atoms with Gasteiger partial charge in [-0.25, -0.2) is 0 Å². The molecule has 2 nitrogen and oxygen atoms in total. The first-order valence-corrected chi connectivity index (χ1v) is 7.02. The topological polar surface area (TPSA) is 24.1 Å². The molecule has 1 aromatic rings. The number of hydrogen-bond donors (Lipinski definition) is 2. The molecule has 2 N–H and O–H groups in total. The van der Waals surface area contributed by atoms with Gasteiger partial charge in [-0.2, -0.15) is 0 Å². The van der Waals surface area contributed by atoms with Crippen LogP contribution in [0.1, 0.15) is 30.0 Å². The zero-order valence-electron chi connectivity index (χ0n) is 10.2. The predicted octanol–water partition coefficient (Wildman–Crippen LogP) is 2.48. The molecule has 3 heteroatoms. The predicted molar refractivity (Wildman–Crippen MR) is 73.7 cm³/mol. The van der Waals surface area contributed by atoms with Crippen LogP contribution in [0.25, 0.3) is 0 Å². The molecule has 1 aromatic carbocycles. The van der Waals surface area contributed by atoms with E-state index in [0.29, 0.717) is 6.04 Å². The van der Waals surface area contributed by atoms with Crippen LogP contribution in [-0.2, 0) is 6.42 Å². The van der Waals surface area contributed by atoms with Crippen LogP contribution in [0, 0.1) is 0 Å². The Bertz CT molecular complexity index is 317. The van der Waals surface area contributed by atoms with Crippen molar-refractivity contribution in [3.05, 3.63) is 35.4 Å². The van der Waals surface area contributed by atoms with E-state index >= 15 is 0 Å². The summed E-state index contributed by atoms with van der Waals surface area (Å²) in [5.74, 6) is 0.774. The Labute approximate surface area is 109 Å². The van der Waals surface area contributed by atoms with Crippen LogP contribution < -0.4 is 10.6 Å². The fraction of sp³-hybridized carbons (Fsp3) is 0.571. The van der Waals surface area contributed by atoms with E-state index in [9.17, 15) is 0 Å². The van der Waals surface area contributed by atoms with E-state index in [-0.39, 0.29) is 0 Å². The number of nitrogens with one attached hydrogen (secondary N) is 2. The van der Waals surface area contributed by atoms with E-state index in [1.807, 2.05) is 0 Å². The lowest BCUT2D eigenvalue weighted by atomic mass is 10.0. The maximum Gasteiger partial charge on any atom is 0.0447 e. The van der Waals surface area contributed by atoms with Gasteiger partial charge >= 0.3 is 0 Å². The SMILES string of the molecule is ClCCCCc1ccc(C2CNCCN2)cc1. The number of hydrogen-bond acceptors (Lipinski definition) is 2. The molecule has 1 heterocycles. The van der Waals surface area contributed by atoms with E-state index in [0.717, 1.165) is 38.4 Å². The second-order valence-corrected chi connectivity index (χ2v) is 4.98. The molecule has 2 rings (SSSR count). The standard InChI is InChI=1S/C14H21ClN2/c15-8-2-1-3-12-4-6-13(7-5-12)14-11-16-9-10-17-14/h4-7,14,16-17H,1-3,8-11H2. The molecule has 0 bridgehead atoms. The van der Waals surface area contributed by atoms with Crippen molar-refractivity contribution in [2.45, 2.75) is 25.3 Å². The molecule has 1 fully saturated rings. The van der Waals surface area contributed by atoms with Gasteiger partial charge in [-0.3, -0.25) is 0 Å². The Hall–Kier alpha value is -0.570. The lowest BCUT2D eigenvalue weighted by molar-refractivity contribution is 0.430. The lowest BCUT2D eigenvalue weighted by Crippen LogP contribution is -2.42. The van der Waals surface area contributed by atoms with Crippen LogP contribution in [0.15, 0.2) is 24.3 Å². The molecule has 0 aliphatic carbocycles. The maximum absolute atomic E-state index is 5.68. The van der Waals surface area contributed by atoms with E-state index in [2.05, 4.69) is 34.9 Å². The fourth-order valence-corrected chi connectivity index (χ4v) is 2.42.